The minimum absolute atomic E-state index is 0.0720. The fourth-order valence-corrected chi connectivity index (χ4v) is 2.09. The molecule has 3 rings (SSSR count). The van der Waals surface area contributed by atoms with Gasteiger partial charge in [-0.1, -0.05) is 12.1 Å². The molecule has 1 fully saturated rings. The minimum Gasteiger partial charge on any atom is -0.491 e. The summed E-state index contributed by atoms with van der Waals surface area (Å²) in [6.45, 7) is 0.237. The van der Waals surface area contributed by atoms with Crippen LogP contribution in [0.5, 0.6) is 5.75 Å². The Balaban J connectivity index is 1.64. The van der Waals surface area contributed by atoms with Crippen molar-refractivity contribution in [1.82, 2.24) is 5.32 Å². The van der Waals surface area contributed by atoms with Crippen molar-refractivity contribution < 1.29 is 14.3 Å². The Hall–Kier alpha value is -2.04. The maximum absolute atomic E-state index is 12.0. The van der Waals surface area contributed by atoms with Gasteiger partial charge in [-0.25, -0.2) is 0 Å². The molecule has 1 aliphatic heterocycles. The van der Waals surface area contributed by atoms with Crippen molar-refractivity contribution in [1.29, 1.82) is 0 Å². The van der Waals surface area contributed by atoms with Crippen LogP contribution < -0.4 is 15.4 Å². The number of carbonyl (C=O) groups excluding carboxylic acids is 2. The van der Waals surface area contributed by atoms with Gasteiger partial charge in [-0.3, -0.25) is 9.59 Å². The summed E-state index contributed by atoms with van der Waals surface area (Å²) in [5.74, 6) is -0.0137. The highest BCUT2D eigenvalue weighted by atomic mass is 16.5. The van der Waals surface area contributed by atoms with Crippen LogP contribution in [-0.2, 0) is 9.59 Å². The average molecular weight is 260 g/mol. The number of rotatable bonds is 3. The first-order valence-electron chi connectivity index (χ1n) is 6.54. The van der Waals surface area contributed by atoms with Crippen LogP contribution in [0.4, 0.5) is 5.69 Å². The summed E-state index contributed by atoms with van der Waals surface area (Å²) in [6.07, 6.45) is 2.27. The molecule has 5 nitrogen and oxygen atoms in total. The number of anilines is 1. The van der Waals surface area contributed by atoms with Crippen LogP contribution in [0.1, 0.15) is 19.3 Å². The third kappa shape index (κ3) is 2.86. The van der Waals surface area contributed by atoms with Crippen LogP contribution >= 0.6 is 0 Å². The summed E-state index contributed by atoms with van der Waals surface area (Å²) < 4.78 is 5.59. The van der Waals surface area contributed by atoms with Crippen LogP contribution in [0.3, 0.4) is 0 Å². The maximum atomic E-state index is 12.0. The molecule has 1 aromatic carbocycles. The number of fused-ring (bicyclic) bond motifs is 1. The molecular formula is C14H16N2O3. The van der Waals surface area contributed by atoms with Crippen LogP contribution in [-0.4, -0.2) is 24.5 Å². The van der Waals surface area contributed by atoms with Gasteiger partial charge in [0.05, 0.1) is 11.6 Å². The second kappa shape index (κ2) is 4.91. The zero-order valence-corrected chi connectivity index (χ0v) is 10.5. The number of amides is 2. The van der Waals surface area contributed by atoms with E-state index in [0.717, 1.165) is 12.8 Å². The topological polar surface area (TPSA) is 67.4 Å². The molecule has 0 aromatic heterocycles. The maximum Gasteiger partial charge on any atom is 0.231 e. The lowest BCUT2D eigenvalue weighted by molar-refractivity contribution is -0.128. The number of ether oxygens (including phenoxy) is 1. The van der Waals surface area contributed by atoms with Crippen LogP contribution in [0.15, 0.2) is 24.3 Å². The average Bonchev–Trinajstić information content (AvgIpc) is 3.19. The number of hydrogen-bond donors (Lipinski definition) is 2. The fourth-order valence-electron chi connectivity index (χ4n) is 2.09. The highest BCUT2D eigenvalue weighted by molar-refractivity contribution is 5.97. The van der Waals surface area contributed by atoms with Crippen molar-refractivity contribution in [3.05, 3.63) is 24.3 Å². The standard InChI is InChI=1S/C14H16N2O3/c17-13(15-10-5-6-10)7-9-8-19-12-4-2-1-3-11(12)16-14(9)18/h1-4,9-10H,5-8H2,(H,15,17)(H,16,18)/t9-/m0/s1. The quantitative estimate of drug-likeness (QED) is 0.861. The van der Waals surface area contributed by atoms with Crippen LogP contribution in [0.2, 0.25) is 0 Å². The molecule has 1 atom stereocenters. The molecule has 0 saturated heterocycles. The SMILES string of the molecule is O=C(C[C@H]1COc2ccccc2NC1=O)NC1CC1. The van der Waals surface area contributed by atoms with Crippen molar-refractivity contribution in [3.8, 4) is 5.75 Å². The summed E-state index contributed by atoms with van der Waals surface area (Å²) in [7, 11) is 0. The molecule has 19 heavy (non-hydrogen) atoms. The third-order valence-electron chi connectivity index (χ3n) is 3.33. The Morgan fingerprint density at radius 3 is 2.95 bits per heavy atom. The molecule has 0 spiro atoms. The zero-order valence-electron chi connectivity index (χ0n) is 10.5. The largest absolute Gasteiger partial charge is 0.491 e. The van der Waals surface area contributed by atoms with Gasteiger partial charge in [0.2, 0.25) is 11.8 Å². The highest BCUT2D eigenvalue weighted by Gasteiger charge is 2.29. The Bertz CT molecular complexity index is 511. The van der Waals surface area contributed by atoms with E-state index < -0.39 is 5.92 Å². The van der Waals surface area contributed by atoms with E-state index in [9.17, 15) is 9.59 Å². The monoisotopic (exact) mass is 260 g/mol. The van der Waals surface area contributed by atoms with Gasteiger partial charge in [0.1, 0.15) is 12.4 Å². The van der Waals surface area contributed by atoms with E-state index in [-0.39, 0.29) is 24.8 Å². The van der Waals surface area contributed by atoms with Gasteiger partial charge in [0.25, 0.3) is 0 Å². The lowest BCUT2D eigenvalue weighted by Gasteiger charge is -2.12. The van der Waals surface area contributed by atoms with E-state index in [1.54, 1.807) is 6.07 Å². The lowest BCUT2D eigenvalue weighted by Crippen LogP contribution is -2.33. The molecule has 5 heteroatoms. The normalized spacial score (nSPS) is 21.7. The summed E-state index contributed by atoms with van der Waals surface area (Å²) in [5.41, 5.74) is 0.664. The molecule has 0 unspecified atom stereocenters. The molecule has 0 radical (unpaired) electrons. The van der Waals surface area contributed by atoms with E-state index in [1.807, 2.05) is 18.2 Å². The van der Waals surface area contributed by atoms with Crippen molar-refractivity contribution >= 4 is 17.5 Å². The predicted octanol–water partition coefficient (Wildman–Crippen LogP) is 1.30. The first-order valence-corrected chi connectivity index (χ1v) is 6.54. The summed E-state index contributed by atoms with van der Waals surface area (Å²) in [4.78, 5) is 23.8. The summed E-state index contributed by atoms with van der Waals surface area (Å²) in [6, 6.07) is 7.61. The van der Waals surface area contributed by atoms with Crippen LogP contribution in [0.25, 0.3) is 0 Å². The van der Waals surface area contributed by atoms with Gasteiger partial charge in [-0.05, 0) is 25.0 Å². The van der Waals surface area contributed by atoms with Crippen LogP contribution in [0, 0.1) is 5.92 Å². The molecule has 100 valence electrons. The molecule has 2 aliphatic rings. The molecule has 1 aromatic rings. The van der Waals surface area contributed by atoms with Gasteiger partial charge < -0.3 is 15.4 Å². The fraction of sp³-hybridized carbons (Fsp3) is 0.429. The van der Waals surface area contributed by atoms with Gasteiger partial charge >= 0.3 is 0 Å². The molecule has 2 amide bonds. The van der Waals surface area contributed by atoms with E-state index in [4.69, 9.17) is 4.74 Å². The van der Waals surface area contributed by atoms with Gasteiger partial charge in [0.15, 0.2) is 0 Å². The minimum atomic E-state index is -0.439. The Kier molecular flexibility index (Phi) is 3.11. The molecular weight excluding hydrogens is 244 g/mol. The molecule has 0 bridgehead atoms. The van der Waals surface area contributed by atoms with Gasteiger partial charge in [-0.15, -0.1) is 0 Å². The highest BCUT2D eigenvalue weighted by Crippen LogP contribution is 2.28. The number of para-hydroxylation sites is 2. The lowest BCUT2D eigenvalue weighted by atomic mass is 10.1. The molecule has 2 N–H and O–H groups in total. The smallest absolute Gasteiger partial charge is 0.231 e. The van der Waals surface area contributed by atoms with Crippen molar-refractivity contribution in [2.45, 2.75) is 25.3 Å². The first kappa shape index (κ1) is 12.0. The Morgan fingerprint density at radius 1 is 1.37 bits per heavy atom. The van der Waals surface area contributed by atoms with Gasteiger partial charge in [0, 0.05) is 12.5 Å². The first-order chi connectivity index (χ1) is 9.22. The van der Waals surface area contributed by atoms with Crippen molar-refractivity contribution in [2.24, 2.45) is 5.92 Å². The zero-order chi connectivity index (χ0) is 13.2. The number of nitrogens with one attached hydrogen (secondary N) is 2. The molecule has 1 heterocycles. The summed E-state index contributed by atoms with van der Waals surface area (Å²) in [5, 5.41) is 5.69. The second-order valence-corrected chi connectivity index (χ2v) is 5.04. The number of carbonyl (C=O) groups is 2. The van der Waals surface area contributed by atoms with Gasteiger partial charge in [-0.2, -0.15) is 0 Å². The predicted molar refractivity (Wildman–Crippen MR) is 69.8 cm³/mol. The van der Waals surface area contributed by atoms with Crippen molar-refractivity contribution in [2.75, 3.05) is 11.9 Å². The van der Waals surface area contributed by atoms with Crippen molar-refractivity contribution in [3.63, 3.8) is 0 Å². The molecule has 1 aliphatic carbocycles. The van der Waals surface area contributed by atoms with E-state index in [0.29, 0.717) is 17.5 Å². The number of benzene rings is 1. The summed E-state index contributed by atoms with van der Waals surface area (Å²) >= 11 is 0. The number of hydrogen-bond acceptors (Lipinski definition) is 3. The Labute approximate surface area is 111 Å². The third-order valence-corrected chi connectivity index (χ3v) is 3.33. The molecule has 1 saturated carbocycles. The van der Waals surface area contributed by atoms with E-state index >= 15 is 0 Å². The van der Waals surface area contributed by atoms with E-state index in [2.05, 4.69) is 10.6 Å². The Morgan fingerprint density at radius 2 is 2.16 bits per heavy atom. The second-order valence-electron chi connectivity index (χ2n) is 5.04. The van der Waals surface area contributed by atoms with E-state index in [1.165, 1.54) is 0 Å².